The van der Waals surface area contributed by atoms with Crippen molar-refractivity contribution in [3.05, 3.63) is 57.5 Å². The molecule has 1 amide bonds. The van der Waals surface area contributed by atoms with Crippen LogP contribution in [0.15, 0.2) is 41.3 Å². The summed E-state index contributed by atoms with van der Waals surface area (Å²) in [7, 11) is -1.59. The number of piperazine rings is 1. The van der Waals surface area contributed by atoms with Crippen LogP contribution in [0.4, 0.5) is 0 Å². The number of likely N-dealkylation sites (N-methyl/N-ethyl adjacent to an activating group) is 1. The Morgan fingerprint density at radius 1 is 1.06 bits per heavy atom. The summed E-state index contributed by atoms with van der Waals surface area (Å²) in [6.07, 6.45) is 6.31. The Kier molecular flexibility index (Phi) is 5.70. The molecule has 3 heterocycles. The molecule has 3 aromatic rings. The van der Waals surface area contributed by atoms with Crippen LogP contribution in [-0.2, 0) is 23.0 Å². The molecule has 2 aliphatic rings. The number of carbonyl (C=O) groups excluding carboxylic acids is 1. The van der Waals surface area contributed by atoms with E-state index >= 15 is 0 Å². The molecule has 7 nitrogen and oxygen atoms in total. The van der Waals surface area contributed by atoms with Crippen molar-refractivity contribution in [3.63, 3.8) is 0 Å². The topological polar surface area (TPSA) is 73.8 Å². The number of hydrogen-bond donors (Lipinski definition) is 0. The molecule has 2 aromatic carbocycles. The maximum absolute atomic E-state index is 13.2. The lowest BCUT2D eigenvalue weighted by atomic mass is 10.1. The molecule has 1 aromatic heterocycles. The van der Waals surface area contributed by atoms with Gasteiger partial charge in [0.2, 0.25) is 10.0 Å². The predicted octanol–water partition coefficient (Wildman–Crippen LogP) is 2.41. The molecule has 1 fully saturated rings. The second-order valence-corrected chi connectivity index (χ2v) is 11.5. The van der Waals surface area contributed by atoms with E-state index in [4.69, 9.17) is 6.42 Å². The highest BCUT2D eigenvalue weighted by Gasteiger charge is 2.32. The fourth-order valence-corrected chi connectivity index (χ4v) is 6.92. The number of carbonyl (C=O) groups is 1. The minimum atomic E-state index is -3.65. The zero-order chi connectivity index (χ0) is 23.2. The standard InChI is InChI=1S/C24H24N4O3S2/c1-3-17-4-5-19-15-20(7-6-18(19)14-17)33(30,31)28-12-10-27(11-13-28)24(29)23-25-21-8-9-26(2)16-22(21)32-23/h1,4-7,14-15H,8-13,16H2,2H3. The third kappa shape index (κ3) is 4.15. The SMILES string of the molecule is C#Cc1ccc2cc(S(=O)(=O)N3CCN(C(=O)c4nc5c(s4)CN(C)CC5)CC3)ccc2c1. The van der Waals surface area contributed by atoms with Gasteiger partial charge in [-0.15, -0.1) is 17.8 Å². The highest BCUT2D eigenvalue weighted by molar-refractivity contribution is 7.89. The number of benzene rings is 2. The second kappa shape index (κ2) is 8.54. The molecule has 0 aliphatic carbocycles. The molecule has 0 bridgehead atoms. The third-order valence-corrected chi connectivity index (χ3v) is 9.21. The van der Waals surface area contributed by atoms with Gasteiger partial charge in [-0.1, -0.05) is 18.1 Å². The average Bonchev–Trinajstić information content (AvgIpc) is 3.26. The van der Waals surface area contributed by atoms with Crippen LogP contribution in [0, 0.1) is 12.3 Å². The van der Waals surface area contributed by atoms with Crippen LogP contribution in [0.5, 0.6) is 0 Å². The van der Waals surface area contributed by atoms with Crippen molar-refractivity contribution >= 4 is 38.0 Å². The molecule has 9 heteroatoms. The molecular formula is C24H24N4O3S2. The number of thiazole rings is 1. The van der Waals surface area contributed by atoms with Gasteiger partial charge in [0.25, 0.3) is 5.91 Å². The number of nitrogens with zero attached hydrogens (tertiary/aromatic N) is 4. The van der Waals surface area contributed by atoms with Gasteiger partial charge in [0.1, 0.15) is 0 Å². The maximum atomic E-state index is 13.2. The van der Waals surface area contributed by atoms with E-state index in [1.54, 1.807) is 29.2 Å². The predicted molar refractivity (Wildman–Crippen MR) is 129 cm³/mol. The van der Waals surface area contributed by atoms with Crippen LogP contribution in [0.3, 0.4) is 0 Å². The van der Waals surface area contributed by atoms with Crippen molar-refractivity contribution in [2.75, 3.05) is 39.8 Å². The zero-order valence-electron chi connectivity index (χ0n) is 18.3. The van der Waals surface area contributed by atoms with E-state index in [0.29, 0.717) is 18.1 Å². The highest BCUT2D eigenvalue weighted by Crippen LogP contribution is 2.27. The van der Waals surface area contributed by atoms with Gasteiger partial charge < -0.3 is 9.80 Å². The first-order valence-electron chi connectivity index (χ1n) is 10.8. The minimum absolute atomic E-state index is 0.107. The van der Waals surface area contributed by atoms with Gasteiger partial charge in [0.15, 0.2) is 5.01 Å². The fourth-order valence-electron chi connectivity index (χ4n) is 4.30. The van der Waals surface area contributed by atoms with Gasteiger partial charge in [-0.3, -0.25) is 4.79 Å². The summed E-state index contributed by atoms with van der Waals surface area (Å²) in [4.78, 5) is 22.9. The van der Waals surface area contributed by atoms with Crippen molar-refractivity contribution in [1.29, 1.82) is 0 Å². The Bertz CT molecular complexity index is 1380. The molecule has 0 N–H and O–H groups in total. The van der Waals surface area contributed by atoms with Crippen LogP contribution in [0.1, 0.15) is 25.9 Å². The van der Waals surface area contributed by atoms with E-state index < -0.39 is 10.0 Å². The van der Waals surface area contributed by atoms with E-state index in [2.05, 4.69) is 22.9 Å². The first kappa shape index (κ1) is 22.0. The number of sulfonamides is 1. The normalized spacial score (nSPS) is 17.6. The molecule has 0 saturated carbocycles. The Labute approximate surface area is 197 Å². The minimum Gasteiger partial charge on any atom is -0.334 e. The number of fused-ring (bicyclic) bond motifs is 2. The lowest BCUT2D eigenvalue weighted by Gasteiger charge is -2.33. The van der Waals surface area contributed by atoms with Crippen molar-refractivity contribution in [3.8, 4) is 12.3 Å². The molecular weight excluding hydrogens is 456 g/mol. The van der Waals surface area contributed by atoms with Crippen LogP contribution >= 0.6 is 11.3 Å². The average molecular weight is 481 g/mol. The molecule has 0 spiro atoms. The molecule has 0 unspecified atom stereocenters. The molecule has 0 atom stereocenters. The summed E-state index contributed by atoms with van der Waals surface area (Å²) in [5.74, 6) is 2.48. The monoisotopic (exact) mass is 480 g/mol. The van der Waals surface area contributed by atoms with Gasteiger partial charge in [0.05, 0.1) is 10.6 Å². The molecule has 170 valence electrons. The van der Waals surface area contributed by atoms with Crippen molar-refractivity contribution < 1.29 is 13.2 Å². The first-order chi connectivity index (χ1) is 15.8. The van der Waals surface area contributed by atoms with Crippen LogP contribution in [0.25, 0.3) is 10.8 Å². The lowest BCUT2D eigenvalue weighted by molar-refractivity contribution is 0.0697. The summed E-state index contributed by atoms with van der Waals surface area (Å²) < 4.78 is 27.9. The molecule has 1 saturated heterocycles. The lowest BCUT2D eigenvalue weighted by Crippen LogP contribution is -2.50. The van der Waals surface area contributed by atoms with Crippen molar-refractivity contribution in [2.45, 2.75) is 17.9 Å². The summed E-state index contributed by atoms with van der Waals surface area (Å²) in [5.41, 5.74) is 1.78. The summed E-state index contributed by atoms with van der Waals surface area (Å²) >= 11 is 1.46. The molecule has 2 aliphatic heterocycles. The smallest absolute Gasteiger partial charge is 0.282 e. The maximum Gasteiger partial charge on any atom is 0.282 e. The first-order valence-corrected chi connectivity index (χ1v) is 13.1. The van der Waals surface area contributed by atoms with Gasteiger partial charge in [-0.25, -0.2) is 13.4 Å². The third-order valence-electron chi connectivity index (χ3n) is 6.25. The number of terminal acetylenes is 1. The van der Waals surface area contributed by atoms with E-state index in [1.165, 1.54) is 15.6 Å². The summed E-state index contributed by atoms with van der Waals surface area (Å²) in [6.45, 7) is 2.98. The Morgan fingerprint density at radius 3 is 2.55 bits per heavy atom. The number of rotatable bonds is 3. The van der Waals surface area contributed by atoms with Gasteiger partial charge in [-0.05, 0) is 42.1 Å². The van der Waals surface area contributed by atoms with Crippen LogP contribution < -0.4 is 0 Å². The second-order valence-electron chi connectivity index (χ2n) is 8.44. The quantitative estimate of drug-likeness (QED) is 0.539. The van der Waals surface area contributed by atoms with E-state index in [1.807, 2.05) is 12.1 Å². The summed E-state index contributed by atoms with van der Waals surface area (Å²) in [5, 5.41) is 2.23. The number of hydrogen-bond acceptors (Lipinski definition) is 6. The fraction of sp³-hybridized carbons (Fsp3) is 0.333. The molecule has 0 radical (unpaired) electrons. The largest absolute Gasteiger partial charge is 0.334 e. The van der Waals surface area contributed by atoms with E-state index in [0.717, 1.165) is 46.4 Å². The molecule has 5 rings (SSSR count). The van der Waals surface area contributed by atoms with Gasteiger partial charge in [-0.2, -0.15) is 4.31 Å². The number of amides is 1. The summed E-state index contributed by atoms with van der Waals surface area (Å²) in [6, 6.07) is 10.6. The van der Waals surface area contributed by atoms with Crippen molar-refractivity contribution in [2.24, 2.45) is 0 Å². The Hall–Kier alpha value is -2.77. The zero-order valence-corrected chi connectivity index (χ0v) is 20.0. The Balaban J connectivity index is 1.29. The van der Waals surface area contributed by atoms with Crippen LogP contribution in [-0.4, -0.2) is 73.2 Å². The Morgan fingerprint density at radius 2 is 1.79 bits per heavy atom. The van der Waals surface area contributed by atoms with Gasteiger partial charge >= 0.3 is 0 Å². The molecule has 33 heavy (non-hydrogen) atoms. The van der Waals surface area contributed by atoms with Crippen molar-refractivity contribution in [1.82, 2.24) is 19.1 Å². The van der Waals surface area contributed by atoms with Crippen LogP contribution in [0.2, 0.25) is 0 Å². The van der Waals surface area contributed by atoms with E-state index in [9.17, 15) is 13.2 Å². The van der Waals surface area contributed by atoms with E-state index in [-0.39, 0.29) is 23.9 Å². The number of aromatic nitrogens is 1. The van der Waals surface area contributed by atoms with Gasteiger partial charge in [0, 0.05) is 56.1 Å². The highest BCUT2D eigenvalue weighted by atomic mass is 32.2.